The first-order valence-corrected chi connectivity index (χ1v) is 7.99. The number of piperidine rings is 1. The molecule has 2 N–H and O–H groups in total. The zero-order valence-electron chi connectivity index (χ0n) is 13.6. The molecule has 0 spiro atoms. The maximum atomic E-state index is 11.1. The fourth-order valence-electron chi connectivity index (χ4n) is 3.09. The minimum atomic E-state index is -0.588. The number of imidazole rings is 1. The van der Waals surface area contributed by atoms with Crippen LogP contribution in [-0.2, 0) is 6.54 Å². The van der Waals surface area contributed by atoms with E-state index in [0.29, 0.717) is 6.04 Å². The highest BCUT2D eigenvalue weighted by atomic mass is 16.1. The lowest BCUT2D eigenvalue weighted by molar-refractivity contribution is 0.0988. The molecule has 3 heterocycles. The van der Waals surface area contributed by atoms with Gasteiger partial charge in [-0.25, -0.2) is 14.6 Å². The zero-order chi connectivity index (χ0) is 16.4. The summed E-state index contributed by atoms with van der Waals surface area (Å²) in [4.78, 5) is 22.0. The normalized spacial score (nSPS) is 19.3. The van der Waals surface area contributed by atoms with E-state index in [-0.39, 0.29) is 11.9 Å². The molecule has 1 atom stereocenters. The standard InChI is InChI=1S/C15H23N7O/c1-11(2)21-7-5-17-13(21)9-20-6-3-4-12(8-20)22-10-18-15(19-22)14(16)23/h5,7,10-12H,3-4,6,8-9H2,1-2H3,(H2,16,23). The summed E-state index contributed by atoms with van der Waals surface area (Å²) in [5, 5.41) is 4.19. The van der Waals surface area contributed by atoms with Crippen molar-refractivity contribution in [3.8, 4) is 0 Å². The molecule has 0 radical (unpaired) electrons. The van der Waals surface area contributed by atoms with Gasteiger partial charge in [-0.2, -0.15) is 0 Å². The number of carbonyl (C=O) groups is 1. The van der Waals surface area contributed by atoms with Gasteiger partial charge in [0.2, 0.25) is 5.82 Å². The minimum Gasteiger partial charge on any atom is -0.363 e. The van der Waals surface area contributed by atoms with Gasteiger partial charge < -0.3 is 10.3 Å². The van der Waals surface area contributed by atoms with Crippen LogP contribution in [0.3, 0.4) is 0 Å². The molecule has 2 aromatic rings. The van der Waals surface area contributed by atoms with Crippen molar-refractivity contribution in [3.63, 3.8) is 0 Å². The molecule has 2 aromatic heterocycles. The van der Waals surface area contributed by atoms with Gasteiger partial charge in [-0.3, -0.25) is 9.69 Å². The van der Waals surface area contributed by atoms with Crippen LogP contribution < -0.4 is 5.73 Å². The number of likely N-dealkylation sites (tertiary alicyclic amines) is 1. The summed E-state index contributed by atoms with van der Waals surface area (Å²) < 4.78 is 3.96. The monoisotopic (exact) mass is 317 g/mol. The quantitative estimate of drug-likeness (QED) is 0.887. The summed E-state index contributed by atoms with van der Waals surface area (Å²) in [6.07, 6.45) is 7.59. The third-order valence-electron chi connectivity index (χ3n) is 4.25. The highest BCUT2D eigenvalue weighted by Crippen LogP contribution is 2.22. The molecule has 0 aromatic carbocycles. The molecule has 1 fully saturated rings. The van der Waals surface area contributed by atoms with Crippen LogP contribution in [-0.4, -0.2) is 48.2 Å². The number of carbonyl (C=O) groups excluding carboxylic acids is 1. The SMILES string of the molecule is CC(C)n1ccnc1CN1CCCC(n2cnc(C(N)=O)n2)C1. The van der Waals surface area contributed by atoms with Crippen LogP contribution in [0.4, 0.5) is 0 Å². The first kappa shape index (κ1) is 15.7. The van der Waals surface area contributed by atoms with E-state index in [1.807, 2.05) is 12.4 Å². The van der Waals surface area contributed by atoms with Gasteiger partial charge in [0.1, 0.15) is 12.2 Å². The fraction of sp³-hybridized carbons (Fsp3) is 0.600. The van der Waals surface area contributed by atoms with Crippen molar-refractivity contribution in [2.45, 2.75) is 45.3 Å². The summed E-state index contributed by atoms with van der Waals surface area (Å²) in [5.74, 6) is 0.574. The molecule has 8 nitrogen and oxygen atoms in total. The van der Waals surface area contributed by atoms with E-state index in [2.05, 4.69) is 38.4 Å². The van der Waals surface area contributed by atoms with E-state index >= 15 is 0 Å². The topological polar surface area (TPSA) is 94.9 Å². The lowest BCUT2D eigenvalue weighted by Crippen LogP contribution is -2.37. The Bertz CT molecular complexity index is 675. The van der Waals surface area contributed by atoms with Crippen molar-refractivity contribution in [1.29, 1.82) is 0 Å². The first-order valence-electron chi connectivity index (χ1n) is 7.99. The molecule has 3 rings (SSSR count). The van der Waals surface area contributed by atoms with E-state index in [1.165, 1.54) is 0 Å². The number of rotatable bonds is 5. The van der Waals surface area contributed by atoms with E-state index in [9.17, 15) is 4.79 Å². The molecule has 1 aliphatic heterocycles. The maximum absolute atomic E-state index is 11.1. The van der Waals surface area contributed by atoms with Crippen LogP contribution in [0.1, 0.15) is 55.2 Å². The van der Waals surface area contributed by atoms with Gasteiger partial charge in [0, 0.05) is 25.0 Å². The van der Waals surface area contributed by atoms with Crippen molar-refractivity contribution < 1.29 is 4.79 Å². The molecule has 1 aliphatic rings. The number of hydrogen-bond acceptors (Lipinski definition) is 5. The third kappa shape index (κ3) is 3.42. The van der Waals surface area contributed by atoms with Crippen LogP contribution in [0, 0.1) is 0 Å². The number of hydrogen-bond donors (Lipinski definition) is 1. The Labute approximate surface area is 135 Å². The lowest BCUT2D eigenvalue weighted by Gasteiger charge is -2.32. The lowest BCUT2D eigenvalue weighted by atomic mass is 10.1. The number of nitrogens with zero attached hydrogens (tertiary/aromatic N) is 6. The van der Waals surface area contributed by atoms with Crippen molar-refractivity contribution in [2.24, 2.45) is 5.73 Å². The van der Waals surface area contributed by atoms with Crippen molar-refractivity contribution >= 4 is 5.91 Å². The molecular weight excluding hydrogens is 294 g/mol. The Kier molecular flexibility index (Phi) is 4.42. The van der Waals surface area contributed by atoms with Crippen LogP contribution in [0.2, 0.25) is 0 Å². The summed E-state index contributed by atoms with van der Waals surface area (Å²) in [6, 6.07) is 0.619. The van der Waals surface area contributed by atoms with Gasteiger partial charge in [0.15, 0.2) is 0 Å². The molecule has 23 heavy (non-hydrogen) atoms. The first-order chi connectivity index (χ1) is 11.0. The van der Waals surface area contributed by atoms with Gasteiger partial charge in [-0.05, 0) is 33.2 Å². The molecule has 1 amide bonds. The van der Waals surface area contributed by atoms with E-state index in [1.54, 1.807) is 11.0 Å². The summed E-state index contributed by atoms with van der Waals surface area (Å²) in [7, 11) is 0. The molecule has 0 aliphatic carbocycles. The largest absolute Gasteiger partial charge is 0.363 e. The van der Waals surface area contributed by atoms with Gasteiger partial charge in [0.05, 0.1) is 12.6 Å². The molecule has 8 heteroatoms. The van der Waals surface area contributed by atoms with Crippen molar-refractivity contribution in [2.75, 3.05) is 13.1 Å². The van der Waals surface area contributed by atoms with Crippen LogP contribution >= 0.6 is 0 Å². The van der Waals surface area contributed by atoms with E-state index in [0.717, 1.165) is 38.3 Å². The predicted molar refractivity (Wildman–Crippen MR) is 84.7 cm³/mol. The average molecular weight is 317 g/mol. The van der Waals surface area contributed by atoms with Crippen molar-refractivity contribution in [3.05, 3.63) is 30.4 Å². The maximum Gasteiger partial charge on any atom is 0.288 e. The second kappa shape index (κ2) is 6.49. The number of aromatic nitrogens is 5. The summed E-state index contributed by atoms with van der Waals surface area (Å²) in [6.45, 7) is 7.04. The van der Waals surface area contributed by atoms with Crippen LogP contribution in [0.15, 0.2) is 18.7 Å². The van der Waals surface area contributed by atoms with E-state index < -0.39 is 5.91 Å². The number of amides is 1. The molecule has 1 unspecified atom stereocenters. The van der Waals surface area contributed by atoms with Gasteiger partial charge in [-0.15, -0.1) is 5.10 Å². The van der Waals surface area contributed by atoms with Crippen molar-refractivity contribution in [1.82, 2.24) is 29.2 Å². The molecule has 1 saturated heterocycles. The Morgan fingerprint density at radius 2 is 2.26 bits per heavy atom. The Hall–Kier alpha value is -2.22. The molecular formula is C15H23N7O. The Balaban J connectivity index is 1.68. The zero-order valence-corrected chi connectivity index (χ0v) is 13.6. The third-order valence-corrected chi connectivity index (χ3v) is 4.25. The minimum absolute atomic E-state index is 0.0810. The van der Waals surface area contributed by atoms with Crippen LogP contribution in [0.25, 0.3) is 0 Å². The molecule has 0 saturated carbocycles. The predicted octanol–water partition coefficient (Wildman–Crippen LogP) is 0.992. The Morgan fingerprint density at radius 1 is 1.43 bits per heavy atom. The van der Waals surface area contributed by atoms with E-state index in [4.69, 9.17) is 5.73 Å². The highest BCUT2D eigenvalue weighted by Gasteiger charge is 2.24. The number of primary amides is 1. The Morgan fingerprint density at radius 3 is 2.96 bits per heavy atom. The van der Waals surface area contributed by atoms with Gasteiger partial charge >= 0.3 is 0 Å². The van der Waals surface area contributed by atoms with Gasteiger partial charge in [-0.1, -0.05) is 0 Å². The van der Waals surface area contributed by atoms with Crippen LogP contribution in [0.5, 0.6) is 0 Å². The summed E-state index contributed by atoms with van der Waals surface area (Å²) in [5.41, 5.74) is 5.22. The molecule has 124 valence electrons. The average Bonchev–Trinajstić information content (AvgIpc) is 3.16. The molecule has 0 bridgehead atoms. The number of nitrogens with two attached hydrogens (primary N) is 1. The summed E-state index contributed by atoms with van der Waals surface area (Å²) >= 11 is 0. The second-order valence-corrected chi connectivity index (χ2v) is 6.29. The smallest absolute Gasteiger partial charge is 0.288 e. The second-order valence-electron chi connectivity index (χ2n) is 6.29. The van der Waals surface area contributed by atoms with Gasteiger partial charge in [0.25, 0.3) is 5.91 Å². The highest BCUT2D eigenvalue weighted by molar-refractivity contribution is 5.88. The fourth-order valence-corrected chi connectivity index (χ4v) is 3.09.